The zero-order chi connectivity index (χ0) is 16.5. The Kier molecular flexibility index (Phi) is 3.65. The number of aryl methyl sites for hydroxylation is 1. The number of hydrogen-bond acceptors (Lipinski definition) is 4. The number of carbonyl (C=O) groups excluding carboxylic acids is 1. The second-order valence-electron chi connectivity index (χ2n) is 5.85. The molecule has 0 bridgehead atoms. The molecule has 1 aromatic carbocycles. The molecule has 6 heteroatoms. The van der Waals surface area contributed by atoms with E-state index < -0.39 is 0 Å². The SMILES string of the molecule is COc1nccc(C(=O)N2CCCn3c(cc4ccccc43)C2)n1. The van der Waals surface area contributed by atoms with Crippen molar-refractivity contribution in [2.75, 3.05) is 13.7 Å². The summed E-state index contributed by atoms with van der Waals surface area (Å²) in [6, 6.07) is 12.3. The van der Waals surface area contributed by atoms with Crippen molar-refractivity contribution in [1.29, 1.82) is 0 Å². The van der Waals surface area contributed by atoms with Gasteiger partial charge in [0.15, 0.2) is 0 Å². The lowest BCUT2D eigenvalue weighted by Crippen LogP contribution is -2.31. The van der Waals surface area contributed by atoms with Gasteiger partial charge in [0.2, 0.25) is 0 Å². The van der Waals surface area contributed by atoms with Crippen LogP contribution in [0.25, 0.3) is 10.9 Å². The summed E-state index contributed by atoms with van der Waals surface area (Å²) in [6.45, 7) is 2.21. The third-order valence-corrected chi connectivity index (χ3v) is 4.38. The maximum atomic E-state index is 12.8. The summed E-state index contributed by atoms with van der Waals surface area (Å²) in [7, 11) is 1.49. The number of nitrogens with zero attached hydrogens (tertiary/aromatic N) is 4. The van der Waals surface area contributed by atoms with Crippen LogP contribution < -0.4 is 4.74 Å². The molecule has 6 nitrogen and oxygen atoms in total. The molecule has 0 radical (unpaired) electrons. The van der Waals surface area contributed by atoms with Crippen LogP contribution in [0.1, 0.15) is 22.6 Å². The topological polar surface area (TPSA) is 60.2 Å². The molecule has 0 fully saturated rings. The fraction of sp³-hybridized carbons (Fsp3) is 0.278. The first-order chi connectivity index (χ1) is 11.8. The molecule has 0 saturated carbocycles. The molecule has 0 unspecified atom stereocenters. The quantitative estimate of drug-likeness (QED) is 0.727. The van der Waals surface area contributed by atoms with Crippen molar-refractivity contribution in [3.05, 3.63) is 54.0 Å². The molecule has 1 aliphatic rings. The standard InChI is InChI=1S/C18H18N4O2/c1-24-18-19-8-7-15(20-18)17(23)21-9-4-10-22-14(12-21)11-13-5-2-3-6-16(13)22/h2-3,5-8,11H,4,9-10,12H2,1H3. The number of para-hydroxylation sites is 1. The number of benzene rings is 1. The zero-order valence-corrected chi connectivity index (χ0v) is 13.5. The predicted octanol–water partition coefficient (Wildman–Crippen LogP) is 2.49. The Morgan fingerprint density at radius 1 is 1.21 bits per heavy atom. The van der Waals surface area contributed by atoms with E-state index in [1.54, 1.807) is 12.3 Å². The van der Waals surface area contributed by atoms with E-state index in [0.717, 1.165) is 18.7 Å². The van der Waals surface area contributed by atoms with Gasteiger partial charge < -0.3 is 14.2 Å². The number of amides is 1. The number of fused-ring (bicyclic) bond motifs is 3. The van der Waals surface area contributed by atoms with Gasteiger partial charge in [-0.2, -0.15) is 4.98 Å². The van der Waals surface area contributed by atoms with Crippen molar-refractivity contribution in [3.8, 4) is 6.01 Å². The first kappa shape index (κ1) is 14.7. The lowest BCUT2D eigenvalue weighted by molar-refractivity contribution is 0.0738. The summed E-state index contributed by atoms with van der Waals surface area (Å²) in [5.74, 6) is -0.0885. The highest BCUT2D eigenvalue weighted by atomic mass is 16.5. The van der Waals surface area contributed by atoms with E-state index in [0.29, 0.717) is 18.8 Å². The highest BCUT2D eigenvalue weighted by molar-refractivity contribution is 5.92. The third-order valence-electron chi connectivity index (χ3n) is 4.38. The van der Waals surface area contributed by atoms with Gasteiger partial charge in [0.25, 0.3) is 5.91 Å². The van der Waals surface area contributed by atoms with Crippen molar-refractivity contribution < 1.29 is 9.53 Å². The Morgan fingerprint density at radius 3 is 2.96 bits per heavy atom. The lowest BCUT2D eigenvalue weighted by Gasteiger charge is -2.19. The summed E-state index contributed by atoms with van der Waals surface area (Å²) >= 11 is 0. The van der Waals surface area contributed by atoms with Crippen LogP contribution in [0.2, 0.25) is 0 Å². The minimum Gasteiger partial charge on any atom is -0.467 e. The number of aromatic nitrogens is 3. The van der Waals surface area contributed by atoms with Gasteiger partial charge in [-0.3, -0.25) is 4.79 Å². The van der Waals surface area contributed by atoms with Crippen LogP contribution >= 0.6 is 0 Å². The van der Waals surface area contributed by atoms with E-state index in [2.05, 4.69) is 38.8 Å². The molecule has 0 atom stereocenters. The molecule has 0 spiro atoms. The van der Waals surface area contributed by atoms with Crippen molar-refractivity contribution in [2.45, 2.75) is 19.5 Å². The minimum atomic E-state index is -0.0885. The summed E-state index contributed by atoms with van der Waals surface area (Å²) in [5.41, 5.74) is 2.75. The van der Waals surface area contributed by atoms with Crippen molar-refractivity contribution in [2.24, 2.45) is 0 Å². The smallest absolute Gasteiger partial charge is 0.316 e. The minimum absolute atomic E-state index is 0.0885. The molecule has 24 heavy (non-hydrogen) atoms. The fourth-order valence-electron chi connectivity index (χ4n) is 3.25. The molecule has 1 amide bonds. The Labute approximate surface area is 139 Å². The van der Waals surface area contributed by atoms with E-state index in [-0.39, 0.29) is 11.9 Å². The molecule has 122 valence electrons. The number of carbonyl (C=O) groups is 1. The van der Waals surface area contributed by atoms with E-state index in [1.807, 2.05) is 11.0 Å². The summed E-state index contributed by atoms with van der Waals surface area (Å²) < 4.78 is 7.32. The summed E-state index contributed by atoms with van der Waals surface area (Å²) in [5, 5.41) is 1.21. The van der Waals surface area contributed by atoms with E-state index in [4.69, 9.17) is 4.74 Å². The van der Waals surface area contributed by atoms with Crippen LogP contribution in [-0.4, -0.2) is 39.0 Å². The van der Waals surface area contributed by atoms with E-state index in [1.165, 1.54) is 18.0 Å². The van der Waals surface area contributed by atoms with Gasteiger partial charge in [-0.1, -0.05) is 18.2 Å². The second-order valence-corrected chi connectivity index (χ2v) is 5.85. The van der Waals surface area contributed by atoms with Crippen LogP contribution in [0.3, 0.4) is 0 Å². The predicted molar refractivity (Wildman–Crippen MR) is 89.9 cm³/mol. The molecule has 2 aromatic heterocycles. The lowest BCUT2D eigenvalue weighted by atomic mass is 10.2. The Morgan fingerprint density at radius 2 is 2.08 bits per heavy atom. The van der Waals surface area contributed by atoms with Gasteiger partial charge in [-0.05, 0) is 30.0 Å². The van der Waals surface area contributed by atoms with Crippen LogP contribution in [0.5, 0.6) is 6.01 Å². The maximum Gasteiger partial charge on any atom is 0.316 e. The van der Waals surface area contributed by atoms with Crippen molar-refractivity contribution in [1.82, 2.24) is 19.4 Å². The number of hydrogen-bond donors (Lipinski definition) is 0. The third kappa shape index (κ3) is 2.50. The van der Waals surface area contributed by atoms with E-state index >= 15 is 0 Å². The van der Waals surface area contributed by atoms with Crippen molar-refractivity contribution in [3.63, 3.8) is 0 Å². The Bertz CT molecular complexity index is 903. The largest absolute Gasteiger partial charge is 0.467 e. The molecule has 1 aliphatic heterocycles. The van der Waals surface area contributed by atoms with E-state index in [9.17, 15) is 4.79 Å². The number of methoxy groups -OCH3 is 1. The zero-order valence-electron chi connectivity index (χ0n) is 13.5. The number of ether oxygens (including phenoxy) is 1. The Hall–Kier alpha value is -2.89. The Balaban J connectivity index is 1.66. The van der Waals surface area contributed by atoms with Gasteiger partial charge in [0.05, 0.1) is 13.7 Å². The van der Waals surface area contributed by atoms with Crippen LogP contribution in [-0.2, 0) is 13.1 Å². The fourth-order valence-corrected chi connectivity index (χ4v) is 3.25. The molecule has 4 rings (SSSR count). The average molecular weight is 322 g/mol. The van der Waals surface area contributed by atoms with Crippen LogP contribution in [0, 0.1) is 0 Å². The normalized spacial score (nSPS) is 14.3. The first-order valence-electron chi connectivity index (χ1n) is 8.00. The molecule has 3 aromatic rings. The van der Waals surface area contributed by atoms with Crippen LogP contribution in [0.15, 0.2) is 42.6 Å². The van der Waals surface area contributed by atoms with Gasteiger partial charge in [-0.25, -0.2) is 4.98 Å². The summed E-state index contributed by atoms with van der Waals surface area (Å²) in [6.07, 6.45) is 2.47. The molecule has 3 heterocycles. The van der Waals surface area contributed by atoms with Gasteiger partial charge in [-0.15, -0.1) is 0 Å². The van der Waals surface area contributed by atoms with Gasteiger partial charge in [0, 0.05) is 30.5 Å². The molecule has 0 N–H and O–H groups in total. The first-order valence-corrected chi connectivity index (χ1v) is 8.00. The van der Waals surface area contributed by atoms with Gasteiger partial charge >= 0.3 is 6.01 Å². The maximum absolute atomic E-state index is 12.8. The van der Waals surface area contributed by atoms with Crippen molar-refractivity contribution >= 4 is 16.8 Å². The molecule has 0 aliphatic carbocycles. The monoisotopic (exact) mass is 322 g/mol. The summed E-state index contributed by atoms with van der Waals surface area (Å²) in [4.78, 5) is 22.8. The highest BCUT2D eigenvalue weighted by Gasteiger charge is 2.22. The van der Waals surface area contributed by atoms with Gasteiger partial charge in [0.1, 0.15) is 5.69 Å². The average Bonchev–Trinajstić information content (AvgIpc) is 2.84. The molecule has 0 saturated heterocycles. The highest BCUT2D eigenvalue weighted by Crippen LogP contribution is 2.24. The molecular weight excluding hydrogens is 304 g/mol. The van der Waals surface area contributed by atoms with Crippen LogP contribution in [0.4, 0.5) is 0 Å². The number of rotatable bonds is 2. The molecular formula is C18H18N4O2. The second kappa shape index (κ2) is 5.96.